The van der Waals surface area contributed by atoms with Crippen molar-refractivity contribution in [3.63, 3.8) is 0 Å². The maximum absolute atomic E-state index is 13.5. The summed E-state index contributed by atoms with van der Waals surface area (Å²) in [6, 6.07) is 14.3. The molecule has 0 spiro atoms. The average Bonchev–Trinajstić information content (AvgIpc) is 3.33. The van der Waals surface area contributed by atoms with Crippen LogP contribution in [-0.4, -0.2) is 45.1 Å². The lowest BCUT2D eigenvalue weighted by Crippen LogP contribution is -2.48. The van der Waals surface area contributed by atoms with Crippen LogP contribution in [0, 0.1) is 11.3 Å². The van der Waals surface area contributed by atoms with Crippen LogP contribution in [0.3, 0.4) is 0 Å². The van der Waals surface area contributed by atoms with Gasteiger partial charge in [-0.2, -0.15) is 18.4 Å². The first-order valence-electron chi connectivity index (χ1n) is 12.0. The number of nitrogens with one attached hydrogen (secondary N) is 2. The number of amides is 1. The van der Waals surface area contributed by atoms with E-state index in [9.17, 15) is 18.0 Å². The van der Waals surface area contributed by atoms with Crippen LogP contribution in [0.5, 0.6) is 0 Å². The average molecular weight is 543 g/mol. The van der Waals surface area contributed by atoms with Crippen LogP contribution in [0.4, 0.5) is 13.2 Å². The van der Waals surface area contributed by atoms with E-state index in [2.05, 4.69) is 21.7 Å². The van der Waals surface area contributed by atoms with E-state index in [-0.39, 0.29) is 42.1 Å². The minimum Gasteiger partial charge on any atom is -0.366 e. The lowest BCUT2D eigenvalue weighted by atomic mass is 10.1. The Kier molecular flexibility index (Phi) is 9.85. The summed E-state index contributed by atoms with van der Waals surface area (Å²) in [5.41, 5.74) is 1.63. The highest BCUT2D eigenvalue weighted by atomic mass is 32.1. The molecule has 1 amide bonds. The second-order valence-electron chi connectivity index (χ2n) is 8.76. The molecule has 7 nitrogen and oxygen atoms in total. The summed E-state index contributed by atoms with van der Waals surface area (Å²) in [4.78, 5) is 18.7. The number of aromatic nitrogens is 2. The van der Waals surface area contributed by atoms with E-state index in [1.165, 1.54) is 12.1 Å². The molecule has 38 heavy (non-hydrogen) atoms. The van der Waals surface area contributed by atoms with Gasteiger partial charge >= 0.3 is 6.18 Å². The van der Waals surface area contributed by atoms with Crippen molar-refractivity contribution in [2.24, 2.45) is 0 Å². The second-order valence-corrected chi connectivity index (χ2v) is 9.15. The monoisotopic (exact) mass is 542 g/mol. The van der Waals surface area contributed by atoms with Gasteiger partial charge in [0.15, 0.2) is 5.11 Å². The normalized spacial score (nSPS) is 11.9. The molecule has 0 saturated carbocycles. The van der Waals surface area contributed by atoms with E-state index in [0.717, 1.165) is 11.6 Å². The van der Waals surface area contributed by atoms with E-state index < -0.39 is 11.7 Å². The summed E-state index contributed by atoms with van der Waals surface area (Å²) in [7, 11) is 1.61. The molecule has 0 radical (unpaired) electrons. The van der Waals surface area contributed by atoms with Crippen LogP contribution in [0.15, 0.2) is 61.1 Å². The zero-order valence-electron chi connectivity index (χ0n) is 21.1. The first kappa shape index (κ1) is 28.7. The number of hydrogen-bond donors (Lipinski definition) is 2. The molecule has 2 aromatic carbocycles. The van der Waals surface area contributed by atoms with E-state index >= 15 is 0 Å². The van der Waals surface area contributed by atoms with Crippen LogP contribution < -0.4 is 10.6 Å². The predicted molar refractivity (Wildman–Crippen MR) is 142 cm³/mol. The van der Waals surface area contributed by atoms with Crippen molar-refractivity contribution >= 4 is 23.2 Å². The highest BCUT2D eigenvalue weighted by molar-refractivity contribution is 7.80. The van der Waals surface area contributed by atoms with Gasteiger partial charge in [0, 0.05) is 44.6 Å². The summed E-state index contributed by atoms with van der Waals surface area (Å²) in [5, 5.41) is 15.1. The van der Waals surface area contributed by atoms with E-state index in [0.29, 0.717) is 24.2 Å². The Morgan fingerprint density at radius 1 is 1.21 bits per heavy atom. The predicted octanol–water partition coefficient (Wildman–Crippen LogP) is 4.27. The van der Waals surface area contributed by atoms with Crippen molar-refractivity contribution in [3.05, 3.63) is 89.0 Å². The zero-order chi connectivity index (χ0) is 27.7. The van der Waals surface area contributed by atoms with Gasteiger partial charge in [0.05, 0.1) is 29.9 Å². The number of imidazole rings is 1. The molecule has 1 heterocycles. The first-order valence-corrected chi connectivity index (χ1v) is 12.4. The third kappa shape index (κ3) is 7.79. The van der Waals surface area contributed by atoms with Gasteiger partial charge < -0.3 is 20.1 Å². The molecule has 3 aromatic rings. The van der Waals surface area contributed by atoms with Gasteiger partial charge in [0.2, 0.25) is 5.91 Å². The summed E-state index contributed by atoms with van der Waals surface area (Å²) in [6.07, 6.45) is -0.577. The molecule has 11 heteroatoms. The number of thiocarbonyl (C=S) groups is 1. The third-order valence-electron chi connectivity index (χ3n) is 6.06. The Morgan fingerprint density at radius 3 is 2.55 bits per heavy atom. The van der Waals surface area contributed by atoms with Crippen molar-refractivity contribution in [1.82, 2.24) is 25.1 Å². The van der Waals surface area contributed by atoms with Gasteiger partial charge in [-0.1, -0.05) is 37.3 Å². The molecule has 0 aliphatic carbocycles. The van der Waals surface area contributed by atoms with Gasteiger partial charge in [-0.25, -0.2) is 4.98 Å². The minimum absolute atomic E-state index is 0.0565. The van der Waals surface area contributed by atoms with Gasteiger partial charge in [-0.15, -0.1) is 0 Å². The Labute approximate surface area is 225 Å². The molecule has 2 N–H and O–H groups in total. The summed E-state index contributed by atoms with van der Waals surface area (Å²) in [5.74, 6) is -0.232. The molecule has 0 unspecified atom stereocenters. The highest BCUT2D eigenvalue weighted by Gasteiger charge is 2.33. The number of hydrogen-bond acceptors (Lipinski definition) is 4. The number of benzene rings is 2. The SMILES string of the molecule is CC[C@@H](CN(Cc1ccccc1C(F)(F)F)C(=S)NC)NC(=O)Cc1cncn1Cc1ccc(C#N)cc1. The standard InChI is InChI=1S/C27H29F3N6OS/c1-3-22(17-35(26(38)32-2)16-21-6-4-5-7-24(21)27(28,29)30)34-25(37)12-23-14-33-18-36(23)15-20-10-8-19(13-31)9-11-20/h4-11,14,18,22H,3,12,15-17H2,1-2H3,(H,32,38)(H,34,37)/t22-/m0/s1. The molecule has 0 aliphatic heterocycles. The fourth-order valence-electron chi connectivity index (χ4n) is 4.02. The van der Waals surface area contributed by atoms with Gasteiger partial charge in [0.25, 0.3) is 0 Å². The smallest absolute Gasteiger partial charge is 0.366 e. The van der Waals surface area contributed by atoms with Gasteiger partial charge in [0.1, 0.15) is 0 Å². The summed E-state index contributed by atoms with van der Waals surface area (Å²) in [6.45, 7) is 2.57. The van der Waals surface area contributed by atoms with Gasteiger partial charge in [-0.3, -0.25) is 4.79 Å². The number of nitrogens with zero attached hydrogens (tertiary/aromatic N) is 4. The number of carbonyl (C=O) groups is 1. The largest absolute Gasteiger partial charge is 0.416 e. The van der Waals surface area contributed by atoms with Crippen molar-refractivity contribution in [1.29, 1.82) is 5.26 Å². The highest BCUT2D eigenvalue weighted by Crippen LogP contribution is 2.32. The Morgan fingerprint density at radius 2 is 1.92 bits per heavy atom. The summed E-state index contributed by atoms with van der Waals surface area (Å²) >= 11 is 5.37. The van der Waals surface area contributed by atoms with Crippen LogP contribution in [-0.2, 0) is 30.5 Å². The first-order chi connectivity index (χ1) is 18.1. The number of carbonyl (C=O) groups excluding carboxylic acids is 1. The Hall–Kier alpha value is -3.91. The molecule has 0 aliphatic rings. The van der Waals surface area contributed by atoms with E-state index in [1.807, 2.05) is 23.6 Å². The minimum atomic E-state index is -4.48. The van der Waals surface area contributed by atoms with Crippen molar-refractivity contribution < 1.29 is 18.0 Å². The fourth-order valence-corrected chi connectivity index (χ4v) is 4.16. The molecular weight excluding hydrogens is 513 g/mol. The molecule has 1 aromatic heterocycles. The van der Waals surface area contributed by atoms with E-state index in [4.69, 9.17) is 17.5 Å². The molecule has 0 bridgehead atoms. The number of nitriles is 1. The third-order valence-corrected chi connectivity index (χ3v) is 6.52. The van der Waals surface area contributed by atoms with Crippen molar-refractivity contribution in [2.75, 3.05) is 13.6 Å². The Balaban J connectivity index is 1.67. The summed E-state index contributed by atoms with van der Waals surface area (Å²) < 4.78 is 42.4. The lowest BCUT2D eigenvalue weighted by Gasteiger charge is -2.30. The number of alkyl halides is 3. The Bertz CT molecular complexity index is 1280. The van der Waals surface area contributed by atoms with Crippen molar-refractivity contribution in [3.8, 4) is 6.07 Å². The van der Waals surface area contributed by atoms with Crippen LogP contribution >= 0.6 is 12.2 Å². The molecule has 0 fully saturated rings. The molecular formula is C27H29F3N6OS. The maximum Gasteiger partial charge on any atom is 0.416 e. The zero-order valence-corrected chi connectivity index (χ0v) is 21.9. The van der Waals surface area contributed by atoms with Gasteiger partial charge in [-0.05, 0) is 48.0 Å². The molecule has 1 atom stereocenters. The lowest BCUT2D eigenvalue weighted by molar-refractivity contribution is -0.138. The fraction of sp³-hybridized carbons (Fsp3) is 0.333. The molecule has 0 saturated heterocycles. The topological polar surface area (TPSA) is 86.0 Å². The maximum atomic E-state index is 13.5. The van der Waals surface area contributed by atoms with Crippen LogP contribution in [0.25, 0.3) is 0 Å². The number of halogens is 3. The van der Waals surface area contributed by atoms with Crippen molar-refractivity contribution in [2.45, 2.75) is 45.1 Å². The quantitative estimate of drug-likeness (QED) is 0.373. The second kappa shape index (κ2) is 13.1. The molecule has 200 valence electrons. The van der Waals surface area contributed by atoms with Crippen LogP contribution in [0.1, 0.15) is 41.3 Å². The van der Waals surface area contributed by atoms with E-state index in [1.54, 1.807) is 42.7 Å². The van der Waals surface area contributed by atoms with Crippen LogP contribution in [0.2, 0.25) is 0 Å². The molecule has 3 rings (SSSR count). The number of rotatable bonds is 10.